The van der Waals surface area contributed by atoms with E-state index >= 15 is 0 Å². The fraction of sp³-hybridized carbons (Fsp3) is 0.321. The van der Waals surface area contributed by atoms with Crippen molar-refractivity contribution in [1.29, 1.82) is 0 Å². The van der Waals surface area contributed by atoms with Crippen molar-refractivity contribution in [3.63, 3.8) is 0 Å². The molecule has 8 heteroatoms. The van der Waals surface area contributed by atoms with E-state index in [0.29, 0.717) is 24.5 Å². The number of nitrogens with one attached hydrogen (secondary N) is 1. The highest BCUT2D eigenvalue weighted by Gasteiger charge is 2.53. The Balaban J connectivity index is 1.38. The second-order valence-electron chi connectivity index (χ2n) is 9.22. The molecule has 5 rings (SSSR count). The smallest absolute Gasteiger partial charge is 0.280 e. The molecular formula is C28H29N3O4S. The molecule has 0 radical (unpaired) electrons. The zero-order valence-corrected chi connectivity index (χ0v) is 21.3. The molecule has 4 aromatic rings. The number of benzene rings is 2. The molecule has 36 heavy (non-hydrogen) atoms. The van der Waals surface area contributed by atoms with E-state index in [0.717, 1.165) is 46.9 Å². The molecule has 2 aromatic carbocycles. The lowest BCUT2D eigenvalue weighted by atomic mass is 9.94. The van der Waals surface area contributed by atoms with Crippen molar-refractivity contribution in [2.45, 2.75) is 44.6 Å². The number of rotatable bonds is 10. The molecule has 1 saturated carbocycles. The van der Waals surface area contributed by atoms with Crippen LogP contribution in [0.3, 0.4) is 0 Å². The van der Waals surface area contributed by atoms with Gasteiger partial charge in [-0.2, -0.15) is 5.16 Å². The van der Waals surface area contributed by atoms with Crippen LogP contribution in [0.1, 0.15) is 40.3 Å². The summed E-state index contributed by atoms with van der Waals surface area (Å²) in [5, 5.41) is 3.15. The van der Waals surface area contributed by atoms with Crippen molar-refractivity contribution in [2.24, 2.45) is 0 Å². The van der Waals surface area contributed by atoms with Crippen LogP contribution in [0.5, 0.6) is 5.75 Å². The maximum atomic E-state index is 14.0. The number of H-pyrrole nitrogens is 1. The standard InChI is InChI=1S/C28H29N3O4S/c1-19-26(23-17-24(32)30-35-23)29-25(36-19)18-31(16-6-9-20-7-4-3-5-8-20)27(33)28(14-15-28)21-10-12-22(34-2)13-11-21/h3-5,7-8,10-13,17H,6,9,14-16,18H2,1-2H3,(H,30,32). The number of nitrogens with zero attached hydrogens (tertiary/aromatic N) is 2. The van der Waals surface area contributed by atoms with Gasteiger partial charge in [0.05, 0.1) is 25.1 Å². The van der Waals surface area contributed by atoms with Gasteiger partial charge in [-0.15, -0.1) is 11.3 Å². The van der Waals surface area contributed by atoms with E-state index in [-0.39, 0.29) is 11.5 Å². The Labute approximate surface area is 213 Å². The SMILES string of the molecule is COc1ccc(C2(C(=O)N(CCCc3ccccc3)Cc3nc(-c4cc(=O)[nH]o4)c(C)s3)CC2)cc1. The summed E-state index contributed by atoms with van der Waals surface area (Å²) < 4.78 is 10.6. The number of aryl methyl sites for hydroxylation is 2. The van der Waals surface area contributed by atoms with Crippen molar-refractivity contribution in [3.8, 4) is 17.2 Å². The first kappa shape index (κ1) is 24.1. The third kappa shape index (κ3) is 4.99. The third-order valence-corrected chi connectivity index (χ3v) is 7.71. The Bertz CT molecular complexity index is 1380. The molecular weight excluding hydrogens is 474 g/mol. The lowest BCUT2D eigenvalue weighted by Crippen LogP contribution is -2.39. The van der Waals surface area contributed by atoms with Gasteiger partial charge < -0.3 is 14.2 Å². The summed E-state index contributed by atoms with van der Waals surface area (Å²) in [5.74, 6) is 1.34. The number of carbonyl (C=O) groups excluding carboxylic acids is 1. The van der Waals surface area contributed by atoms with Gasteiger partial charge in [0.1, 0.15) is 16.5 Å². The zero-order valence-electron chi connectivity index (χ0n) is 20.5. The summed E-state index contributed by atoms with van der Waals surface area (Å²) in [6, 6.07) is 19.6. The average molecular weight is 504 g/mol. The molecule has 2 aromatic heterocycles. The molecule has 0 unspecified atom stereocenters. The highest BCUT2D eigenvalue weighted by Crippen LogP contribution is 2.50. The number of aromatic nitrogens is 2. The van der Waals surface area contributed by atoms with Crippen molar-refractivity contribution >= 4 is 17.2 Å². The minimum Gasteiger partial charge on any atom is -0.497 e. The normalized spacial score (nSPS) is 13.9. The number of aromatic amines is 1. The number of methoxy groups -OCH3 is 1. The number of amides is 1. The summed E-state index contributed by atoms with van der Waals surface area (Å²) in [6.45, 7) is 3.01. The highest BCUT2D eigenvalue weighted by molar-refractivity contribution is 7.12. The summed E-state index contributed by atoms with van der Waals surface area (Å²) in [7, 11) is 1.64. The lowest BCUT2D eigenvalue weighted by Gasteiger charge is -2.27. The first-order valence-electron chi connectivity index (χ1n) is 12.1. The Hall–Kier alpha value is -3.65. The predicted molar refractivity (Wildman–Crippen MR) is 139 cm³/mol. The number of ether oxygens (including phenoxy) is 1. The molecule has 186 valence electrons. The Kier molecular flexibility index (Phi) is 6.78. The molecule has 1 fully saturated rings. The van der Waals surface area contributed by atoms with Gasteiger partial charge in [0, 0.05) is 11.4 Å². The Morgan fingerprint density at radius 1 is 1.17 bits per heavy atom. The fourth-order valence-electron chi connectivity index (χ4n) is 4.65. The second kappa shape index (κ2) is 10.1. The van der Waals surface area contributed by atoms with E-state index in [2.05, 4.69) is 17.3 Å². The molecule has 0 spiro atoms. The van der Waals surface area contributed by atoms with Gasteiger partial charge in [-0.3, -0.25) is 9.59 Å². The van der Waals surface area contributed by atoms with Crippen molar-refractivity contribution in [2.75, 3.05) is 13.7 Å². The van der Waals surface area contributed by atoms with Gasteiger partial charge in [-0.25, -0.2) is 4.98 Å². The predicted octanol–water partition coefficient (Wildman–Crippen LogP) is 5.10. The molecule has 0 atom stereocenters. The van der Waals surface area contributed by atoms with E-state index in [1.54, 1.807) is 7.11 Å². The maximum Gasteiger partial charge on any atom is 0.280 e. The number of thiazole rings is 1. The van der Waals surface area contributed by atoms with Gasteiger partial charge in [0.15, 0.2) is 5.76 Å². The van der Waals surface area contributed by atoms with Gasteiger partial charge in [-0.05, 0) is 55.9 Å². The molecule has 1 amide bonds. The Morgan fingerprint density at radius 3 is 2.56 bits per heavy atom. The summed E-state index contributed by atoms with van der Waals surface area (Å²) in [5.41, 5.74) is 2.15. The van der Waals surface area contributed by atoms with Crippen LogP contribution in [-0.2, 0) is 23.2 Å². The van der Waals surface area contributed by atoms with Crippen LogP contribution in [0.15, 0.2) is 70.0 Å². The van der Waals surface area contributed by atoms with Gasteiger partial charge in [-0.1, -0.05) is 42.5 Å². The molecule has 0 aliphatic heterocycles. The Morgan fingerprint density at radius 2 is 1.92 bits per heavy atom. The van der Waals surface area contributed by atoms with Crippen LogP contribution >= 0.6 is 11.3 Å². The first-order valence-corrected chi connectivity index (χ1v) is 12.9. The van der Waals surface area contributed by atoms with E-state index < -0.39 is 5.41 Å². The van der Waals surface area contributed by atoms with Gasteiger partial charge >= 0.3 is 0 Å². The highest BCUT2D eigenvalue weighted by atomic mass is 32.1. The lowest BCUT2D eigenvalue weighted by molar-refractivity contribution is -0.134. The van der Waals surface area contributed by atoms with Crippen LogP contribution in [-0.4, -0.2) is 34.6 Å². The van der Waals surface area contributed by atoms with Crippen LogP contribution < -0.4 is 10.3 Å². The van der Waals surface area contributed by atoms with E-state index in [9.17, 15) is 9.59 Å². The van der Waals surface area contributed by atoms with Crippen molar-refractivity contribution in [1.82, 2.24) is 15.0 Å². The summed E-state index contributed by atoms with van der Waals surface area (Å²) in [6.07, 6.45) is 3.43. The minimum absolute atomic E-state index is 0.142. The van der Waals surface area contributed by atoms with Crippen molar-refractivity contribution < 1.29 is 14.1 Å². The first-order chi connectivity index (χ1) is 17.5. The molecule has 0 bridgehead atoms. The third-order valence-electron chi connectivity index (χ3n) is 6.75. The number of carbonyl (C=O) groups is 1. The molecule has 1 aliphatic carbocycles. The maximum absolute atomic E-state index is 14.0. The molecule has 1 aliphatic rings. The quantitative estimate of drug-likeness (QED) is 0.325. The van der Waals surface area contributed by atoms with E-state index in [1.165, 1.54) is 23.0 Å². The largest absolute Gasteiger partial charge is 0.497 e. The van der Waals surface area contributed by atoms with Gasteiger partial charge in [0.25, 0.3) is 5.56 Å². The number of hydrogen-bond acceptors (Lipinski definition) is 6. The number of hydrogen-bond donors (Lipinski definition) is 1. The fourth-order valence-corrected chi connectivity index (χ4v) is 5.60. The van der Waals surface area contributed by atoms with Crippen LogP contribution in [0.4, 0.5) is 0 Å². The van der Waals surface area contributed by atoms with E-state index in [4.69, 9.17) is 14.2 Å². The van der Waals surface area contributed by atoms with Crippen LogP contribution in [0.2, 0.25) is 0 Å². The van der Waals surface area contributed by atoms with Crippen LogP contribution in [0, 0.1) is 6.92 Å². The molecule has 7 nitrogen and oxygen atoms in total. The van der Waals surface area contributed by atoms with Crippen LogP contribution in [0.25, 0.3) is 11.5 Å². The monoisotopic (exact) mass is 503 g/mol. The van der Waals surface area contributed by atoms with Gasteiger partial charge in [0.2, 0.25) is 5.91 Å². The topological polar surface area (TPSA) is 88.4 Å². The minimum atomic E-state index is -0.485. The molecule has 2 heterocycles. The summed E-state index contributed by atoms with van der Waals surface area (Å²) >= 11 is 1.53. The molecule has 1 N–H and O–H groups in total. The summed E-state index contributed by atoms with van der Waals surface area (Å²) in [4.78, 5) is 33.2. The zero-order chi connectivity index (χ0) is 25.1. The van der Waals surface area contributed by atoms with Crippen molar-refractivity contribution in [3.05, 3.63) is 92.0 Å². The van der Waals surface area contributed by atoms with E-state index in [1.807, 2.05) is 54.3 Å². The molecule has 0 saturated heterocycles. The second-order valence-corrected chi connectivity index (χ2v) is 10.5. The average Bonchev–Trinajstić information content (AvgIpc) is 3.47.